The van der Waals surface area contributed by atoms with Crippen molar-refractivity contribution in [2.75, 3.05) is 0 Å². The first-order valence-corrected chi connectivity index (χ1v) is 5.39. The molecule has 4 nitrogen and oxygen atoms in total. The molecule has 0 aliphatic rings. The third kappa shape index (κ3) is 3.54. The van der Waals surface area contributed by atoms with Gasteiger partial charge in [0.15, 0.2) is 0 Å². The minimum atomic E-state index is -1.51. The summed E-state index contributed by atoms with van der Waals surface area (Å²) < 4.78 is 0. The van der Waals surface area contributed by atoms with Crippen LogP contribution in [-0.4, -0.2) is 35.0 Å². The number of rotatable bonds is 8. The van der Waals surface area contributed by atoms with E-state index in [9.17, 15) is 19.8 Å². The average Bonchev–Trinajstić information content (AvgIpc) is 2.25. The Morgan fingerprint density at radius 2 is 2.00 bits per heavy atom. The maximum absolute atomic E-state index is 10.9. The zero-order valence-electron chi connectivity index (χ0n) is 9.72. The molecule has 3 unspecified atom stereocenters. The number of aliphatic hydroxyl groups is 2. The van der Waals surface area contributed by atoms with Crippen LogP contribution in [0.4, 0.5) is 0 Å². The van der Waals surface area contributed by atoms with Gasteiger partial charge in [0.1, 0.15) is 6.29 Å². The Balaban J connectivity index is 4.79. The number of hydrogen-bond acceptors (Lipinski definition) is 4. The van der Waals surface area contributed by atoms with Crippen molar-refractivity contribution in [1.82, 2.24) is 0 Å². The summed E-state index contributed by atoms with van der Waals surface area (Å²) in [4.78, 5) is 21.4. The van der Waals surface area contributed by atoms with Crippen molar-refractivity contribution >= 4 is 12.6 Å². The van der Waals surface area contributed by atoms with Crippen molar-refractivity contribution in [3.05, 3.63) is 12.2 Å². The third-order valence-corrected chi connectivity index (χ3v) is 2.71. The number of carbonyl (C=O) groups is 1. The van der Waals surface area contributed by atoms with E-state index in [1.54, 1.807) is 12.4 Å². The van der Waals surface area contributed by atoms with Gasteiger partial charge in [0, 0.05) is 6.42 Å². The van der Waals surface area contributed by atoms with E-state index in [1.165, 1.54) is 6.92 Å². The zero-order valence-corrected chi connectivity index (χ0v) is 9.72. The number of aliphatic hydroxyl groups excluding tert-OH is 2. The molecule has 1 radical (unpaired) electrons. The summed E-state index contributed by atoms with van der Waals surface area (Å²) in [6.07, 6.45) is 4.33. The molecule has 0 aromatic heterocycles. The van der Waals surface area contributed by atoms with E-state index in [0.29, 0.717) is 6.29 Å². The monoisotopic (exact) mass is 227 g/mol. The Labute approximate surface area is 96.0 Å². The summed E-state index contributed by atoms with van der Waals surface area (Å²) >= 11 is 0. The van der Waals surface area contributed by atoms with Gasteiger partial charge in [-0.2, -0.15) is 0 Å². The van der Waals surface area contributed by atoms with Gasteiger partial charge >= 0.3 is 0 Å². The SMILES string of the molecule is CC/C=C\CC(O)C([C]=O)(CC=O)C(C)O. The van der Waals surface area contributed by atoms with Gasteiger partial charge in [0.25, 0.3) is 0 Å². The molecular weight excluding hydrogens is 208 g/mol. The number of carbonyl (C=O) groups excluding carboxylic acids is 2. The van der Waals surface area contributed by atoms with Gasteiger partial charge in [-0.15, -0.1) is 0 Å². The Morgan fingerprint density at radius 3 is 2.38 bits per heavy atom. The Hall–Kier alpha value is -1.00. The molecule has 0 aliphatic carbocycles. The van der Waals surface area contributed by atoms with Crippen molar-refractivity contribution in [2.45, 2.75) is 45.3 Å². The van der Waals surface area contributed by atoms with E-state index in [4.69, 9.17) is 0 Å². The molecule has 0 saturated carbocycles. The third-order valence-electron chi connectivity index (χ3n) is 2.71. The topological polar surface area (TPSA) is 74.6 Å². The van der Waals surface area contributed by atoms with Crippen LogP contribution in [0.3, 0.4) is 0 Å². The zero-order chi connectivity index (χ0) is 12.6. The molecule has 3 atom stereocenters. The van der Waals surface area contributed by atoms with E-state index >= 15 is 0 Å². The molecule has 0 rings (SSSR count). The van der Waals surface area contributed by atoms with Gasteiger partial charge in [-0.25, -0.2) is 0 Å². The summed E-state index contributed by atoms with van der Waals surface area (Å²) in [6, 6.07) is 0. The first kappa shape index (κ1) is 15.0. The fourth-order valence-electron chi connectivity index (χ4n) is 1.52. The highest BCUT2D eigenvalue weighted by atomic mass is 16.3. The van der Waals surface area contributed by atoms with Crippen LogP contribution in [0.5, 0.6) is 0 Å². The van der Waals surface area contributed by atoms with Crippen LogP contribution in [0.25, 0.3) is 0 Å². The summed E-state index contributed by atoms with van der Waals surface area (Å²) in [5.74, 6) is 0. The van der Waals surface area contributed by atoms with Crippen molar-refractivity contribution in [1.29, 1.82) is 0 Å². The number of hydrogen-bond donors (Lipinski definition) is 2. The average molecular weight is 227 g/mol. The van der Waals surface area contributed by atoms with Crippen LogP contribution in [0.15, 0.2) is 12.2 Å². The Kier molecular flexibility index (Phi) is 6.85. The van der Waals surface area contributed by atoms with Gasteiger partial charge in [0.05, 0.1) is 17.6 Å². The lowest BCUT2D eigenvalue weighted by atomic mass is 9.75. The van der Waals surface area contributed by atoms with E-state index in [2.05, 4.69) is 0 Å². The highest BCUT2D eigenvalue weighted by Crippen LogP contribution is 2.30. The van der Waals surface area contributed by atoms with Gasteiger partial charge in [-0.3, -0.25) is 4.79 Å². The minimum Gasteiger partial charge on any atom is -0.392 e. The van der Waals surface area contributed by atoms with Crippen LogP contribution in [0.2, 0.25) is 0 Å². The molecule has 0 fully saturated rings. The molecule has 2 N–H and O–H groups in total. The predicted octanol–water partition coefficient (Wildman–Crippen LogP) is 0.770. The van der Waals surface area contributed by atoms with Gasteiger partial charge in [-0.1, -0.05) is 19.1 Å². The molecule has 0 spiro atoms. The molecule has 0 heterocycles. The normalized spacial score (nSPS) is 19.0. The first-order valence-electron chi connectivity index (χ1n) is 5.39. The molecule has 0 aromatic rings. The van der Waals surface area contributed by atoms with Crippen molar-refractivity contribution in [2.24, 2.45) is 5.41 Å². The Morgan fingerprint density at radius 1 is 1.38 bits per heavy atom. The largest absolute Gasteiger partial charge is 0.392 e. The standard InChI is InChI=1S/C12H19O4/c1-3-4-5-6-11(16)12(9-14,7-8-13)10(2)15/h4-5,8,10-11,15-16H,3,6-7H2,1-2H3/b5-4-. The van der Waals surface area contributed by atoms with Crippen molar-refractivity contribution in [3.8, 4) is 0 Å². The van der Waals surface area contributed by atoms with Crippen LogP contribution in [0, 0.1) is 5.41 Å². The second kappa shape index (κ2) is 7.30. The quantitative estimate of drug-likeness (QED) is 0.474. The van der Waals surface area contributed by atoms with Crippen LogP contribution in [-0.2, 0) is 9.59 Å². The van der Waals surface area contributed by atoms with Crippen molar-refractivity contribution < 1.29 is 19.8 Å². The molecule has 16 heavy (non-hydrogen) atoms. The van der Waals surface area contributed by atoms with E-state index in [1.807, 2.05) is 13.0 Å². The number of aldehydes is 1. The van der Waals surface area contributed by atoms with Crippen LogP contribution < -0.4 is 0 Å². The molecular formula is C12H19O4. The minimum absolute atomic E-state index is 0.224. The molecule has 4 heteroatoms. The molecule has 0 aromatic carbocycles. The lowest BCUT2D eigenvalue weighted by Crippen LogP contribution is -2.45. The van der Waals surface area contributed by atoms with Gasteiger partial charge in [0.2, 0.25) is 6.29 Å². The lowest BCUT2D eigenvalue weighted by molar-refractivity contribution is -0.113. The number of allylic oxidation sites excluding steroid dienone is 1. The molecule has 0 aliphatic heterocycles. The smallest absolute Gasteiger partial charge is 0.210 e. The summed E-state index contributed by atoms with van der Waals surface area (Å²) in [5, 5.41) is 19.4. The Bertz CT molecular complexity index is 247. The van der Waals surface area contributed by atoms with Crippen LogP contribution >= 0.6 is 0 Å². The highest BCUT2D eigenvalue weighted by Gasteiger charge is 2.42. The molecule has 91 valence electrons. The first-order chi connectivity index (χ1) is 7.55. The fraction of sp³-hybridized carbons (Fsp3) is 0.667. The van der Waals surface area contributed by atoms with E-state index in [0.717, 1.165) is 6.42 Å². The summed E-state index contributed by atoms with van der Waals surface area (Å²) in [5.41, 5.74) is -1.51. The molecule has 0 saturated heterocycles. The summed E-state index contributed by atoms with van der Waals surface area (Å²) in [7, 11) is 0. The van der Waals surface area contributed by atoms with Gasteiger partial charge in [-0.05, 0) is 19.8 Å². The maximum atomic E-state index is 10.9. The predicted molar refractivity (Wildman–Crippen MR) is 60.5 cm³/mol. The highest BCUT2D eigenvalue weighted by molar-refractivity contribution is 5.69. The van der Waals surface area contributed by atoms with E-state index in [-0.39, 0.29) is 12.8 Å². The fourth-order valence-corrected chi connectivity index (χ4v) is 1.52. The van der Waals surface area contributed by atoms with E-state index < -0.39 is 17.6 Å². The van der Waals surface area contributed by atoms with Crippen LogP contribution in [0.1, 0.15) is 33.1 Å². The molecule has 0 bridgehead atoms. The van der Waals surface area contributed by atoms with Gasteiger partial charge < -0.3 is 15.0 Å². The maximum Gasteiger partial charge on any atom is 0.210 e. The van der Waals surface area contributed by atoms with Crippen molar-refractivity contribution in [3.63, 3.8) is 0 Å². The lowest BCUT2D eigenvalue weighted by Gasteiger charge is -2.32. The second-order valence-corrected chi connectivity index (χ2v) is 3.82. The molecule has 0 amide bonds. The second-order valence-electron chi connectivity index (χ2n) is 3.82. The summed E-state index contributed by atoms with van der Waals surface area (Å²) in [6.45, 7) is 3.32.